The first-order valence-electron chi connectivity index (χ1n) is 10.8. The number of ether oxygens (including phenoxy) is 1. The van der Waals surface area contributed by atoms with E-state index in [1.54, 1.807) is 30.5 Å². The SMILES string of the molecule is CN(C)S(=O)(=O)c1cccc(COC(=O)c2c(NC(=O)c3cccnc3)sc3c2CCCC3)c1. The zero-order valence-electron chi connectivity index (χ0n) is 18.9. The average Bonchev–Trinajstić information content (AvgIpc) is 3.21. The molecule has 0 aliphatic heterocycles. The van der Waals surface area contributed by atoms with E-state index >= 15 is 0 Å². The highest BCUT2D eigenvalue weighted by Crippen LogP contribution is 2.39. The number of hydrogen-bond donors (Lipinski definition) is 1. The first kappa shape index (κ1) is 24.1. The van der Waals surface area contributed by atoms with Gasteiger partial charge >= 0.3 is 5.97 Å². The number of esters is 1. The first-order valence-corrected chi connectivity index (χ1v) is 13.1. The molecule has 0 unspecified atom stereocenters. The van der Waals surface area contributed by atoms with E-state index in [9.17, 15) is 18.0 Å². The van der Waals surface area contributed by atoms with Crippen molar-refractivity contribution in [1.29, 1.82) is 0 Å². The number of thiophene rings is 1. The van der Waals surface area contributed by atoms with Crippen molar-refractivity contribution in [1.82, 2.24) is 9.29 Å². The molecule has 1 amide bonds. The molecule has 0 saturated heterocycles. The van der Waals surface area contributed by atoms with Crippen LogP contribution in [-0.4, -0.2) is 43.7 Å². The second-order valence-electron chi connectivity index (χ2n) is 8.12. The van der Waals surface area contributed by atoms with Gasteiger partial charge in [0, 0.05) is 31.4 Å². The maximum absolute atomic E-state index is 13.2. The lowest BCUT2D eigenvalue weighted by atomic mass is 9.95. The van der Waals surface area contributed by atoms with Crippen LogP contribution in [0.5, 0.6) is 0 Å². The molecule has 0 radical (unpaired) electrons. The van der Waals surface area contributed by atoms with Crippen molar-refractivity contribution >= 4 is 38.2 Å². The molecule has 3 aromatic rings. The van der Waals surface area contributed by atoms with Gasteiger partial charge in [0.1, 0.15) is 11.6 Å². The van der Waals surface area contributed by atoms with Crippen LogP contribution in [0.3, 0.4) is 0 Å². The van der Waals surface area contributed by atoms with E-state index in [2.05, 4.69) is 10.3 Å². The molecule has 178 valence electrons. The molecular formula is C24H25N3O5S2. The Bertz CT molecular complexity index is 1320. The van der Waals surface area contributed by atoms with Crippen molar-refractivity contribution in [2.24, 2.45) is 0 Å². The Morgan fingerprint density at radius 2 is 1.94 bits per heavy atom. The molecule has 0 fully saturated rings. The molecule has 10 heteroatoms. The third-order valence-electron chi connectivity index (χ3n) is 5.57. The average molecular weight is 500 g/mol. The molecule has 1 aliphatic carbocycles. The topological polar surface area (TPSA) is 106 Å². The number of aromatic nitrogens is 1. The van der Waals surface area contributed by atoms with Crippen LogP contribution in [0.2, 0.25) is 0 Å². The Labute approximate surface area is 202 Å². The molecule has 1 aromatic carbocycles. The molecule has 0 atom stereocenters. The minimum absolute atomic E-state index is 0.0871. The number of carbonyl (C=O) groups is 2. The number of nitrogens with zero attached hydrogens (tertiary/aromatic N) is 2. The Hall–Kier alpha value is -3.08. The highest BCUT2D eigenvalue weighted by Gasteiger charge is 2.28. The molecule has 0 spiro atoms. The summed E-state index contributed by atoms with van der Waals surface area (Å²) in [5.74, 6) is -0.885. The van der Waals surface area contributed by atoms with Crippen molar-refractivity contribution in [3.8, 4) is 0 Å². The Kier molecular flexibility index (Phi) is 7.11. The van der Waals surface area contributed by atoms with Gasteiger partial charge in [-0.15, -0.1) is 11.3 Å². The van der Waals surface area contributed by atoms with Crippen LogP contribution in [0, 0.1) is 0 Å². The minimum atomic E-state index is -3.60. The number of sulfonamides is 1. The molecule has 1 N–H and O–H groups in total. The summed E-state index contributed by atoms with van der Waals surface area (Å²) in [6.07, 6.45) is 6.65. The summed E-state index contributed by atoms with van der Waals surface area (Å²) < 4.78 is 31.5. The monoisotopic (exact) mass is 499 g/mol. The molecule has 34 heavy (non-hydrogen) atoms. The number of carbonyl (C=O) groups excluding carboxylic acids is 2. The van der Waals surface area contributed by atoms with Crippen LogP contribution in [-0.2, 0) is 34.2 Å². The molecule has 2 aromatic heterocycles. The van der Waals surface area contributed by atoms with E-state index in [4.69, 9.17) is 4.74 Å². The second kappa shape index (κ2) is 10.0. The van der Waals surface area contributed by atoms with Crippen molar-refractivity contribution in [3.63, 3.8) is 0 Å². The number of fused-ring (bicyclic) bond motifs is 1. The first-order chi connectivity index (χ1) is 16.3. The molecule has 4 rings (SSSR count). The fourth-order valence-corrected chi connectivity index (χ4v) is 6.01. The minimum Gasteiger partial charge on any atom is -0.457 e. The van der Waals surface area contributed by atoms with Gasteiger partial charge in [-0.1, -0.05) is 12.1 Å². The van der Waals surface area contributed by atoms with Crippen molar-refractivity contribution in [2.45, 2.75) is 37.2 Å². The van der Waals surface area contributed by atoms with E-state index in [1.807, 2.05) is 0 Å². The number of hydrogen-bond acceptors (Lipinski definition) is 7. The summed E-state index contributed by atoms with van der Waals surface area (Å²) in [6, 6.07) is 9.65. The van der Waals surface area contributed by atoms with E-state index < -0.39 is 16.0 Å². The van der Waals surface area contributed by atoms with Gasteiger partial charge in [-0.2, -0.15) is 0 Å². The van der Waals surface area contributed by atoms with Gasteiger partial charge in [-0.3, -0.25) is 9.78 Å². The van der Waals surface area contributed by atoms with Gasteiger partial charge in [-0.25, -0.2) is 17.5 Å². The normalized spacial score (nSPS) is 13.4. The Balaban J connectivity index is 1.56. The number of aryl methyl sites for hydroxylation is 1. The number of pyridine rings is 1. The smallest absolute Gasteiger partial charge is 0.341 e. The number of amides is 1. The molecule has 8 nitrogen and oxygen atoms in total. The quantitative estimate of drug-likeness (QED) is 0.495. The lowest BCUT2D eigenvalue weighted by Gasteiger charge is -2.14. The van der Waals surface area contributed by atoms with Gasteiger partial charge in [0.05, 0.1) is 16.0 Å². The summed E-state index contributed by atoms with van der Waals surface area (Å²) in [4.78, 5) is 31.1. The van der Waals surface area contributed by atoms with Crippen LogP contribution >= 0.6 is 11.3 Å². The van der Waals surface area contributed by atoms with Gasteiger partial charge in [-0.05, 0) is 61.1 Å². The standard InChI is InChI=1S/C24H25N3O5S2/c1-27(2)34(30,31)18-9-5-7-16(13-18)15-32-24(29)21-19-10-3-4-11-20(19)33-23(21)26-22(28)17-8-6-12-25-14-17/h5-9,12-14H,3-4,10-11,15H2,1-2H3,(H,26,28). The second-order valence-corrected chi connectivity index (χ2v) is 11.4. The van der Waals surface area contributed by atoms with Crippen LogP contribution in [0.15, 0.2) is 53.7 Å². The van der Waals surface area contributed by atoms with Gasteiger partial charge in [0.2, 0.25) is 10.0 Å². The van der Waals surface area contributed by atoms with Crippen LogP contribution < -0.4 is 5.32 Å². The fourth-order valence-electron chi connectivity index (χ4n) is 3.77. The lowest BCUT2D eigenvalue weighted by Crippen LogP contribution is -2.22. The van der Waals surface area contributed by atoms with E-state index in [0.717, 1.165) is 40.4 Å². The van der Waals surface area contributed by atoms with Gasteiger partial charge in [0.15, 0.2) is 0 Å². The zero-order chi connectivity index (χ0) is 24.3. The summed E-state index contributed by atoms with van der Waals surface area (Å²) in [5, 5.41) is 3.33. The highest BCUT2D eigenvalue weighted by molar-refractivity contribution is 7.89. The fraction of sp³-hybridized carbons (Fsp3) is 0.292. The summed E-state index contributed by atoms with van der Waals surface area (Å²) in [6.45, 7) is -0.0871. The Morgan fingerprint density at radius 3 is 2.68 bits per heavy atom. The predicted octanol–water partition coefficient (Wildman–Crippen LogP) is 3.88. The maximum atomic E-state index is 13.2. The van der Waals surface area contributed by atoms with Crippen LogP contribution in [0.4, 0.5) is 5.00 Å². The van der Waals surface area contributed by atoms with Crippen molar-refractivity contribution in [2.75, 3.05) is 19.4 Å². The predicted molar refractivity (Wildman–Crippen MR) is 130 cm³/mol. The molecular weight excluding hydrogens is 474 g/mol. The van der Waals surface area contributed by atoms with Crippen molar-refractivity contribution < 1.29 is 22.7 Å². The third kappa shape index (κ3) is 5.03. The summed E-state index contributed by atoms with van der Waals surface area (Å²) in [7, 11) is -0.675. The third-order valence-corrected chi connectivity index (χ3v) is 8.59. The van der Waals surface area contributed by atoms with Crippen LogP contribution in [0.25, 0.3) is 0 Å². The van der Waals surface area contributed by atoms with Crippen LogP contribution in [0.1, 0.15) is 49.6 Å². The Morgan fingerprint density at radius 1 is 1.15 bits per heavy atom. The zero-order valence-corrected chi connectivity index (χ0v) is 20.5. The van der Waals surface area contributed by atoms with E-state index in [1.165, 1.54) is 43.8 Å². The van der Waals surface area contributed by atoms with Gasteiger partial charge in [0.25, 0.3) is 5.91 Å². The van der Waals surface area contributed by atoms with Gasteiger partial charge < -0.3 is 10.1 Å². The number of benzene rings is 1. The lowest BCUT2D eigenvalue weighted by molar-refractivity contribution is 0.0473. The highest BCUT2D eigenvalue weighted by atomic mass is 32.2. The molecule has 2 heterocycles. The van der Waals surface area contributed by atoms with Crippen molar-refractivity contribution in [3.05, 3.63) is 75.9 Å². The van der Waals surface area contributed by atoms with E-state index in [0.29, 0.717) is 21.7 Å². The summed E-state index contributed by atoms with van der Waals surface area (Å²) in [5.41, 5.74) is 2.26. The number of anilines is 1. The molecule has 0 bridgehead atoms. The number of nitrogens with one attached hydrogen (secondary N) is 1. The molecule has 0 saturated carbocycles. The largest absolute Gasteiger partial charge is 0.457 e. The maximum Gasteiger partial charge on any atom is 0.341 e. The van der Waals surface area contributed by atoms with E-state index in [-0.39, 0.29) is 17.4 Å². The summed E-state index contributed by atoms with van der Waals surface area (Å²) >= 11 is 1.41. The number of rotatable bonds is 7. The molecule has 1 aliphatic rings.